The molecule has 0 amide bonds. The Bertz CT molecular complexity index is 406. The fourth-order valence-electron chi connectivity index (χ4n) is 1.67. The van der Waals surface area contributed by atoms with Gasteiger partial charge in [0.05, 0.1) is 0 Å². The zero-order chi connectivity index (χ0) is 9.97. The van der Waals surface area contributed by atoms with E-state index >= 15 is 0 Å². The second-order valence-electron chi connectivity index (χ2n) is 3.44. The number of hydrogen-bond donors (Lipinski definition) is 0. The molecule has 2 aromatic rings. The molecule has 0 nitrogen and oxygen atoms in total. The van der Waals surface area contributed by atoms with Gasteiger partial charge < -0.3 is 0 Å². The fraction of sp³-hybridized carbons (Fsp3) is 0.231. The molecule has 0 aliphatic carbocycles. The second kappa shape index (κ2) is 3.97. The van der Waals surface area contributed by atoms with E-state index in [4.69, 9.17) is 0 Å². The topological polar surface area (TPSA) is 0 Å². The summed E-state index contributed by atoms with van der Waals surface area (Å²) < 4.78 is 1.38. The van der Waals surface area contributed by atoms with E-state index in [1.807, 2.05) is 17.4 Å². The van der Waals surface area contributed by atoms with Gasteiger partial charge in [-0.1, -0.05) is 31.2 Å². The highest BCUT2D eigenvalue weighted by Gasteiger charge is 2.08. The monoisotopic (exact) mass is 202 g/mol. The molecule has 1 atom stereocenters. The Hall–Kier alpha value is -1.08. The SMILES string of the molecule is C=CC(CC)c1cc2ccccc2s1. The van der Waals surface area contributed by atoms with Gasteiger partial charge in [-0.3, -0.25) is 0 Å². The fourth-order valence-corrected chi connectivity index (χ4v) is 2.91. The van der Waals surface area contributed by atoms with E-state index in [9.17, 15) is 0 Å². The largest absolute Gasteiger partial charge is 0.140 e. The van der Waals surface area contributed by atoms with Crippen molar-refractivity contribution in [3.63, 3.8) is 0 Å². The van der Waals surface area contributed by atoms with Gasteiger partial charge in [0.25, 0.3) is 0 Å². The lowest BCUT2D eigenvalue weighted by Gasteiger charge is -2.04. The summed E-state index contributed by atoms with van der Waals surface area (Å²) in [5, 5.41) is 1.35. The lowest BCUT2D eigenvalue weighted by Crippen LogP contribution is -1.86. The molecule has 1 aromatic heterocycles. The lowest BCUT2D eigenvalue weighted by molar-refractivity contribution is 0.824. The van der Waals surface area contributed by atoms with Crippen LogP contribution in [0.4, 0.5) is 0 Å². The van der Waals surface area contributed by atoms with E-state index in [-0.39, 0.29) is 0 Å². The molecule has 0 saturated carbocycles. The highest BCUT2D eigenvalue weighted by molar-refractivity contribution is 7.19. The third kappa shape index (κ3) is 1.60. The van der Waals surface area contributed by atoms with Crippen molar-refractivity contribution in [2.75, 3.05) is 0 Å². The summed E-state index contributed by atoms with van der Waals surface area (Å²) in [5.41, 5.74) is 0. The van der Waals surface area contributed by atoms with Gasteiger partial charge in [-0.25, -0.2) is 0 Å². The van der Waals surface area contributed by atoms with Crippen molar-refractivity contribution in [3.05, 3.63) is 47.9 Å². The first-order valence-corrected chi connectivity index (χ1v) is 5.78. The maximum Gasteiger partial charge on any atom is 0.0345 e. The van der Waals surface area contributed by atoms with Gasteiger partial charge in [-0.2, -0.15) is 0 Å². The molecule has 1 aromatic carbocycles. The summed E-state index contributed by atoms with van der Waals surface area (Å²) in [7, 11) is 0. The average Bonchev–Trinajstić information content (AvgIpc) is 2.63. The standard InChI is InChI=1S/C13H14S/c1-3-10(4-2)13-9-11-7-5-6-8-12(11)14-13/h3,5-10H,1,4H2,2H3. The van der Waals surface area contributed by atoms with Gasteiger partial charge in [0.2, 0.25) is 0 Å². The van der Waals surface area contributed by atoms with Gasteiger partial charge in [0.15, 0.2) is 0 Å². The van der Waals surface area contributed by atoms with Crippen LogP contribution in [0.1, 0.15) is 24.1 Å². The van der Waals surface area contributed by atoms with Crippen LogP contribution in [0.25, 0.3) is 10.1 Å². The summed E-state index contributed by atoms with van der Waals surface area (Å²) in [6, 6.07) is 10.8. The zero-order valence-corrected chi connectivity index (χ0v) is 9.18. The predicted molar refractivity (Wildman–Crippen MR) is 65.1 cm³/mol. The van der Waals surface area contributed by atoms with Crippen LogP contribution in [0.2, 0.25) is 0 Å². The van der Waals surface area contributed by atoms with Crippen LogP contribution in [0.15, 0.2) is 43.0 Å². The van der Waals surface area contributed by atoms with Gasteiger partial charge in [0, 0.05) is 15.5 Å². The summed E-state index contributed by atoms with van der Waals surface area (Å²) in [6.07, 6.45) is 3.18. The van der Waals surface area contributed by atoms with E-state index in [0.717, 1.165) is 6.42 Å². The van der Waals surface area contributed by atoms with E-state index in [1.165, 1.54) is 15.0 Å². The number of rotatable bonds is 3. The molecule has 0 bridgehead atoms. The number of allylic oxidation sites excluding steroid dienone is 1. The molecule has 0 radical (unpaired) electrons. The van der Waals surface area contributed by atoms with Crippen molar-refractivity contribution >= 4 is 21.4 Å². The molecule has 14 heavy (non-hydrogen) atoms. The molecule has 0 aliphatic rings. The van der Waals surface area contributed by atoms with E-state index in [0.29, 0.717) is 5.92 Å². The third-order valence-electron chi connectivity index (χ3n) is 2.53. The molecule has 1 heteroatoms. The third-order valence-corrected chi connectivity index (χ3v) is 3.78. The van der Waals surface area contributed by atoms with E-state index < -0.39 is 0 Å². The quantitative estimate of drug-likeness (QED) is 0.639. The van der Waals surface area contributed by atoms with Crippen molar-refractivity contribution in [1.82, 2.24) is 0 Å². The Kier molecular flexibility index (Phi) is 2.69. The van der Waals surface area contributed by atoms with E-state index in [1.54, 1.807) is 0 Å². The Labute approximate surface area is 88.9 Å². The predicted octanol–water partition coefficient (Wildman–Crippen LogP) is 4.58. The molecular formula is C13H14S. The van der Waals surface area contributed by atoms with E-state index in [2.05, 4.69) is 43.8 Å². The minimum Gasteiger partial charge on any atom is -0.140 e. The van der Waals surface area contributed by atoms with Crippen LogP contribution >= 0.6 is 11.3 Å². The Morgan fingerprint density at radius 1 is 1.43 bits per heavy atom. The smallest absolute Gasteiger partial charge is 0.0345 e. The summed E-state index contributed by atoms with van der Waals surface area (Å²) in [4.78, 5) is 1.43. The van der Waals surface area contributed by atoms with Crippen molar-refractivity contribution in [2.24, 2.45) is 0 Å². The lowest BCUT2D eigenvalue weighted by atomic mass is 10.0. The highest BCUT2D eigenvalue weighted by Crippen LogP contribution is 2.32. The van der Waals surface area contributed by atoms with Crippen LogP contribution in [0, 0.1) is 0 Å². The number of thiophene rings is 1. The molecule has 1 heterocycles. The first kappa shape index (κ1) is 9.47. The van der Waals surface area contributed by atoms with Crippen LogP contribution in [0.3, 0.4) is 0 Å². The van der Waals surface area contributed by atoms with Crippen molar-refractivity contribution in [3.8, 4) is 0 Å². The molecule has 0 fully saturated rings. The van der Waals surface area contributed by atoms with Crippen molar-refractivity contribution < 1.29 is 0 Å². The molecule has 0 aliphatic heterocycles. The molecule has 0 spiro atoms. The first-order valence-electron chi connectivity index (χ1n) is 4.96. The normalized spacial score (nSPS) is 12.9. The van der Waals surface area contributed by atoms with Crippen LogP contribution in [0.5, 0.6) is 0 Å². The molecule has 0 N–H and O–H groups in total. The maximum atomic E-state index is 3.89. The summed E-state index contributed by atoms with van der Waals surface area (Å²) in [6.45, 7) is 6.09. The van der Waals surface area contributed by atoms with Gasteiger partial charge in [-0.15, -0.1) is 17.9 Å². The van der Waals surface area contributed by atoms with Gasteiger partial charge in [0.1, 0.15) is 0 Å². The summed E-state index contributed by atoms with van der Waals surface area (Å²) in [5.74, 6) is 0.521. The number of fused-ring (bicyclic) bond motifs is 1. The highest BCUT2D eigenvalue weighted by atomic mass is 32.1. The van der Waals surface area contributed by atoms with Crippen molar-refractivity contribution in [1.29, 1.82) is 0 Å². The Morgan fingerprint density at radius 3 is 2.86 bits per heavy atom. The Morgan fingerprint density at radius 2 is 2.21 bits per heavy atom. The van der Waals surface area contributed by atoms with Gasteiger partial charge in [-0.05, 0) is 23.9 Å². The number of hydrogen-bond acceptors (Lipinski definition) is 1. The van der Waals surface area contributed by atoms with Crippen LogP contribution in [-0.2, 0) is 0 Å². The molecule has 0 saturated heterocycles. The summed E-state index contributed by atoms with van der Waals surface area (Å²) >= 11 is 1.88. The molecule has 72 valence electrons. The maximum absolute atomic E-state index is 3.89. The molecule has 2 rings (SSSR count). The van der Waals surface area contributed by atoms with Gasteiger partial charge >= 0.3 is 0 Å². The minimum absolute atomic E-state index is 0.521. The van der Waals surface area contributed by atoms with Crippen LogP contribution in [-0.4, -0.2) is 0 Å². The molecular weight excluding hydrogens is 188 g/mol. The Balaban J connectivity index is 2.48. The van der Waals surface area contributed by atoms with Crippen molar-refractivity contribution in [2.45, 2.75) is 19.3 Å². The zero-order valence-electron chi connectivity index (χ0n) is 8.36. The average molecular weight is 202 g/mol. The van der Waals surface area contributed by atoms with Crippen LogP contribution < -0.4 is 0 Å². The second-order valence-corrected chi connectivity index (χ2v) is 4.55. The number of benzene rings is 1. The molecule has 1 unspecified atom stereocenters. The first-order chi connectivity index (χ1) is 6.85. The minimum atomic E-state index is 0.521.